The van der Waals surface area contributed by atoms with Crippen LogP contribution in [0.25, 0.3) is 6.08 Å². The van der Waals surface area contributed by atoms with Crippen LogP contribution in [-0.4, -0.2) is 16.0 Å². The van der Waals surface area contributed by atoms with Crippen LogP contribution in [0.4, 0.5) is 0 Å². The molecule has 1 rings (SSSR count). The molecule has 0 aliphatic heterocycles. The lowest BCUT2D eigenvalue weighted by atomic mass is 10.3. The molecule has 0 aliphatic rings. The minimum absolute atomic E-state index is 0.0167. The standard InChI is InChI=1S/C10H12ClNO/c11-7-2-1-4-9-5-3-6-10(8-13)12-9/h1,3-6,13H,2,7-8H2. The monoisotopic (exact) mass is 197 g/mol. The highest BCUT2D eigenvalue weighted by atomic mass is 35.5. The van der Waals surface area contributed by atoms with Crippen LogP contribution in [-0.2, 0) is 6.61 Å². The summed E-state index contributed by atoms with van der Waals surface area (Å²) >= 11 is 5.51. The van der Waals surface area contributed by atoms with E-state index >= 15 is 0 Å². The lowest BCUT2D eigenvalue weighted by Gasteiger charge is -1.96. The Bertz CT molecular complexity index is 286. The summed E-state index contributed by atoms with van der Waals surface area (Å²) in [5.41, 5.74) is 1.55. The molecule has 0 atom stereocenters. The van der Waals surface area contributed by atoms with Gasteiger partial charge in [0.05, 0.1) is 18.0 Å². The molecule has 0 unspecified atom stereocenters. The molecule has 2 nitrogen and oxygen atoms in total. The van der Waals surface area contributed by atoms with Crippen LogP contribution in [0.1, 0.15) is 17.8 Å². The summed E-state index contributed by atoms with van der Waals surface area (Å²) in [7, 11) is 0. The number of aliphatic hydroxyl groups excluding tert-OH is 1. The molecule has 13 heavy (non-hydrogen) atoms. The summed E-state index contributed by atoms with van der Waals surface area (Å²) in [6, 6.07) is 5.56. The molecule has 0 fully saturated rings. The van der Waals surface area contributed by atoms with E-state index in [9.17, 15) is 0 Å². The zero-order valence-electron chi connectivity index (χ0n) is 7.28. The summed E-state index contributed by atoms with van der Waals surface area (Å²) in [5, 5.41) is 8.83. The zero-order valence-corrected chi connectivity index (χ0v) is 8.04. The Morgan fingerprint density at radius 1 is 1.46 bits per heavy atom. The second-order valence-corrected chi connectivity index (χ2v) is 2.97. The van der Waals surface area contributed by atoms with E-state index in [2.05, 4.69) is 4.98 Å². The average molecular weight is 198 g/mol. The highest BCUT2D eigenvalue weighted by molar-refractivity contribution is 6.17. The fourth-order valence-electron chi connectivity index (χ4n) is 0.946. The Hall–Kier alpha value is -0.860. The van der Waals surface area contributed by atoms with Gasteiger partial charge in [-0.25, -0.2) is 0 Å². The molecule has 0 radical (unpaired) electrons. The summed E-state index contributed by atoms with van der Waals surface area (Å²) in [6.45, 7) is -0.0167. The van der Waals surface area contributed by atoms with Crippen molar-refractivity contribution in [3.05, 3.63) is 35.7 Å². The Kier molecular flexibility index (Phi) is 4.50. The summed E-state index contributed by atoms with van der Waals surface area (Å²) in [6.07, 6.45) is 4.71. The van der Waals surface area contributed by atoms with E-state index in [1.807, 2.05) is 24.3 Å². The van der Waals surface area contributed by atoms with Gasteiger partial charge >= 0.3 is 0 Å². The lowest BCUT2D eigenvalue weighted by Crippen LogP contribution is -1.89. The fourth-order valence-corrected chi connectivity index (χ4v) is 1.07. The highest BCUT2D eigenvalue weighted by Crippen LogP contribution is 2.02. The molecule has 70 valence electrons. The molecule has 1 aromatic rings. The van der Waals surface area contributed by atoms with E-state index in [-0.39, 0.29) is 6.61 Å². The third kappa shape index (κ3) is 3.57. The predicted octanol–water partition coefficient (Wildman–Crippen LogP) is 2.22. The second-order valence-electron chi connectivity index (χ2n) is 2.59. The first kappa shape index (κ1) is 10.2. The van der Waals surface area contributed by atoms with Gasteiger partial charge in [0, 0.05) is 5.88 Å². The van der Waals surface area contributed by atoms with Gasteiger partial charge in [-0.15, -0.1) is 11.6 Å². The smallest absolute Gasteiger partial charge is 0.0853 e. The molecular weight excluding hydrogens is 186 g/mol. The van der Waals surface area contributed by atoms with Crippen molar-refractivity contribution < 1.29 is 5.11 Å². The Labute approximate surface area is 82.9 Å². The molecule has 0 saturated carbocycles. The minimum atomic E-state index is -0.0167. The molecule has 0 amide bonds. The first-order valence-corrected chi connectivity index (χ1v) is 4.69. The maximum atomic E-state index is 8.83. The topological polar surface area (TPSA) is 33.1 Å². The predicted molar refractivity (Wildman–Crippen MR) is 54.5 cm³/mol. The van der Waals surface area contributed by atoms with Gasteiger partial charge < -0.3 is 5.11 Å². The van der Waals surface area contributed by atoms with Gasteiger partial charge in [-0.2, -0.15) is 0 Å². The minimum Gasteiger partial charge on any atom is -0.390 e. The summed E-state index contributed by atoms with van der Waals surface area (Å²) in [4.78, 5) is 4.18. The fraction of sp³-hybridized carbons (Fsp3) is 0.300. The second kappa shape index (κ2) is 5.73. The lowest BCUT2D eigenvalue weighted by molar-refractivity contribution is 0.277. The van der Waals surface area contributed by atoms with Crippen molar-refractivity contribution in [1.29, 1.82) is 0 Å². The van der Waals surface area contributed by atoms with Crippen LogP contribution >= 0.6 is 11.6 Å². The van der Waals surface area contributed by atoms with Crippen molar-refractivity contribution in [3.8, 4) is 0 Å². The number of pyridine rings is 1. The van der Waals surface area contributed by atoms with Gasteiger partial charge in [0.2, 0.25) is 0 Å². The number of allylic oxidation sites excluding steroid dienone is 1. The van der Waals surface area contributed by atoms with Gasteiger partial charge in [-0.3, -0.25) is 4.98 Å². The normalized spacial score (nSPS) is 10.9. The molecule has 1 N–H and O–H groups in total. The number of hydrogen-bond acceptors (Lipinski definition) is 2. The van der Waals surface area contributed by atoms with Gasteiger partial charge in [0.15, 0.2) is 0 Å². The first-order valence-electron chi connectivity index (χ1n) is 4.16. The van der Waals surface area contributed by atoms with Crippen molar-refractivity contribution in [2.75, 3.05) is 5.88 Å². The van der Waals surface area contributed by atoms with Gasteiger partial charge in [0.25, 0.3) is 0 Å². The van der Waals surface area contributed by atoms with Crippen LogP contribution in [0.2, 0.25) is 0 Å². The zero-order chi connectivity index (χ0) is 9.52. The first-order chi connectivity index (χ1) is 6.36. The van der Waals surface area contributed by atoms with Crippen LogP contribution in [0.15, 0.2) is 24.3 Å². The Morgan fingerprint density at radius 3 is 3.00 bits per heavy atom. The molecule has 0 aromatic carbocycles. The van der Waals surface area contributed by atoms with E-state index in [0.717, 1.165) is 12.1 Å². The van der Waals surface area contributed by atoms with Crippen LogP contribution in [0, 0.1) is 0 Å². The molecule has 3 heteroatoms. The van der Waals surface area contributed by atoms with Crippen molar-refractivity contribution in [3.63, 3.8) is 0 Å². The number of nitrogens with zero attached hydrogens (tertiary/aromatic N) is 1. The van der Waals surface area contributed by atoms with Crippen LogP contribution in [0.5, 0.6) is 0 Å². The van der Waals surface area contributed by atoms with E-state index in [1.165, 1.54) is 0 Å². The molecular formula is C10H12ClNO. The summed E-state index contributed by atoms with van der Waals surface area (Å²) < 4.78 is 0. The van der Waals surface area contributed by atoms with Crippen LogP contribution < -0.4 is 0 Å². The number of halogens is 1. The molecule has 0 bridgehead atoms. The molecule has 1 aromatic heterocycles. The number of hydrogen-bond donors (Lipinski definition) is 1. The maximum absolute atomic E-state index is 8.83. The number of aromatic nitrogens is 1. The van der Waals surface area contributed by atoms with Gasteiger partial charge in [0.1, 0.15) is 0 Å². The van der Waals surface area contributed by atoms with Crippen LogP contribution in [0.3, 0.4) is 0 Å². The third-order valence-electron chi connectivity index (χ3n) is 1.55. The van der Waals surface area contributed by atoms with Crippen molar-refractivity contribution >= 4 is 17.7 Å². The van der Waals surface area contributed by atoms with E-state index in [1.54, 1.807) is 6.07 Å². The van der Waals surface area contributed by atoms with Crippen molar-refractivity contribution in [2.45, 2.75) is 13.0 Å². The Morgan fingerprint density at radius 2 is 2.31 bits per heavy atom. The largest absolute Gasteiger partial charge is 0.390 e. The average Bonchev–Trinajstić information content (AvgIpc) is 2.19. The van der Waals surface area contributed by atoms with Crippen molar-refractivity contribution in [1.82, 2.24) is 4.98 Å². The van der Waals surface area contributed by atoms with Gasteiger partial charge in [-0.1, -0.05) is 12.1 Å². The highest BCUT2D eigenvalue weighted by Gasteiger charge is 1.91. The SMILES string of the molecule is OCc1cccc(C=CCCCl)n1. The quantitative estimate of drug-likeness (QED) is 0.751. The number of alkyl halides is 1. The number of rotatable bonds is 4. The van der Waals surface area contributed by atoms with E-state index in [4.69, 9.17) is 16.7 Å². The summed E-state index contributed by atoms with van der Waals surface area (Å²) in [5.74, 6) is 0.621. The molecule has 0 aliphatic carbocycles. The van der Waals surface area contributed by atoms with Crippen molar-refractivity contribution in [2.24, 2.45) is 0 Å². The molecule has 0 saturated heterocycles. The molecule has 0 spiro atoms. The van der Waals surface area contributed by atoms with Gasteiger partial charge in [-0.05, 0) is 24.6 Å². The Balaban J connectivity index is 2.66. The van der Waals surface area contributed by atoms with E-state index < -0.39 is 0 Å². The molecule has 1 heterocycles. The maximum Gasteiger partial charge on any atom is 0.0853 e. The third-order valence-corrected chi connectivity index (χ3v) is 1.77. The van der Waals surface area contributed by atoms with E-state index in [0.29, 0.717) is 11.6 Å². The number of aliphatic hydroxyl groups is 1.